The highest BCUT2D eigenvalue weighted by molar-refractivity contribution is 9.04. The Labute approximate surface area is 139 Å². The molecule has 1 aliphatic rings. The van der Waals surface area contributed by atoms with E-state index in [4.69, 9.17) is 0 Å². The molecule has 0 aromatic carbocycles. The van der Waals surface area contributed by atoms with Crippen molar-refractivity contribution in [3.8, 4) is 0 Å². The lowest BCUT2D eigenvalue weighted by atomic mass is 9.90. The van der Waals surface area contributed by atoms with Crippen molar-refractivity contribution in [2.24, 2.45) is 0 Å². The summed E-state index contributed by atoms with van der Waals surface area (Å²) in [4.78, 5) is 16.9. The molecule has 116 valence electrons. The fourth-order valence-electron chi connectivity index (χ4n) is 2.42. The molecule has 1 aromatic heterocycles. The molecule has 2 rings (SSSR count). The molecule has 1 aliphatic heterocycles. The number of thiol groups is 1. The van der Waals surface area contributed by atoms with Crippen LogP contribution in [-0.2, 0) is 0 Å². The Kier molecular flexibility index (Phi) is 5.88. The molecule has 0 aliphatic carbocycles. The van der Waals surface area contributed by atoms with Gasteiger partial charge in [-0.1, -0.05) is 17.7 Å². The number of aromatic nitrogens is 1. The van der Waals surface area contributed by atoms with E-state index in [1.54, 1.807) is 11.0 Å². The van der Waals surface area contributed by atoms with Crippen molar-refractivity contribution in [1.82, 2.24) is 14.6 Å². The summed E-state index contributed by atoms with van der Waals surface area (Å²) in [5, 5.41) is 3.18. The van der Waals surface area contributed by atoms with Crippen molar-refractivity contribution in [2.75, 3.05) is 13.1 Å². The Morgan fingerprint density at radius 3 is 2.67 bits per heavy atom. The van der Waals surface area contributed by atoms with E-state index in [1.165, 1.54) is 9.83 Å². The summed E-state index contributed by atoms with van der Waals surface area (Å²) in [6, 6.07) is 3.88. The van der Waals surface area contributed by atoms with Gasteiger partial charge in [0.1, 0.15) is 5.69 Å². The van der Waals surface area contributed by atoms with E-state index in [0.29, 0.717) is 5.69 Å². The molecule has 1 N–H and O–H groups in total. The first kappa shape index (κ1) is 17.0. The van der Waals surface area contributed by atoms with Gasteiger partial charge in [-0.2, -0.15) is 0 Å². The second kappa shape index (κ2) is 7.26. The highest BCUT2D eigenvalue weighted by atomic mass is 33.5. The number of piperidine rings is 1. The highest BCUT2D eigenvalue weighted by Crippen LogP contribution is 2.34. The van der Waals surface area contributed by atoms with Crippen LogP contribution < -0.4 is 5.32 Å². The van der Waals surface area contributed by atoms with Crippen molar-refractivity contribution >= 4 is 38.4 Å². The van der Waals surface area contributed by atoms with Gasteiger partial charge in [0.15, 0.2) is 0 Å². The molecule has 1 fully saturated rings. The molecule has 7 heteroatoms. The predicted molar refractivity (Wildman–Crippen MR) is 94.6 cm³/mol. The van der Waals surface area contributed by atoms with Gasteiger partial charge in [0.05, 0.1) is 0 Å². The van der Waals surface area contributed by atoms with Crippen molar-refractivity contribution in [2.45, 2.75) is 39.2 Å². The minimum absolute atomic E-state index is 0.0663. The Balaban J connectivity index is 2.01. The molecule has 1 saturated heterocycles. The zero-order chi connectivity index (χ0) is 15.5. The molecule has 0 spiro atoms. The number of rotatable bonds is 4. The monoisotopic (exact) mass is 343 g/mol. The zero-order valence-electron chi connectivity index (χ0n) is 12.5. The van der Waals surface area contributed by atoms with Crippen LogP contribution in [0.25, 0.3) is 0 Å². The molecule has 0 unspecified atom stereocenters. The molecule has 1 aromatic rings. The lowest BCUT2D eigenvalue weighted by Gasteiger charge is -2.38. The van der Waals surface area contributed by atoms with Gasteiger partial charge >= 0.3 is 0 Å². The summed E-state index contributed by atoms with van der Waals surface area (Å²) in [6.45, 7) is 7.85. The summed E-state index contributed by atoms with van der Waals surface area (Å²) in [7, 11) is 3.12. The fraction of sp³-hybridized carbons (Fsp3) is 0.571. The highest BCUT2D eigenvalue weighted by Gasteiger charge is 2.32. The molecule has 4 nitrogen and oxygen atoms in total. The molecule has 0 radical (unpaired) electrons. The molecule has 2 heterocycles. The third kappa shape index (κ3) is 4.55. The molecule has 21 heavy (non-hydrogen) atoms. The molecule has 0 bridgehead atoms. The maximum absolute atomic E-state index is 12.5. The molecule has 0 atom stereocenters. The van der Waals surface area contributed by atoms with Gasteiger partial charge in [-0.15, -0.1) is 0 Å². The first-order valence-corrected chi connectivity index (χ1v) is 10.1. The number of hydrogen-bond acceptors (Lipinski definition) is 6. The van der Waals surface area contributed by atoms with Gasteiger partial charge in [0.25, 0.3) is 5.91 Å². The van der Waals surface area contributed by atoms with Gasteiger partial charge in [-0.05, 0) is 55.1 Å². The van der Waals surface area contributed by atoms with E-state index in [-0.39, 0.29) is 11.4 Å². The van der Waals surface area contributed by atoms with Crippen LogP contribution in [0, 0.1) is 13.8 Å². The average Bonchev–Trinajstić information content (AvgIpc) is 2.44. The summed E-state index contributed by atoms with van der Waals surface area (Å²) in [6.07, 6.45) is 1.87. The number of pyridine rings is 1. The van der Waals surface area contributed by atoms with E-state index in [0.717, 1.165) is 37.2 Å². The quantitative estimate of drug-likeness (QED) is 0.498. The van der Waals surface area contributed by atoms with Crippen LogP contribution in [0.3, 0.4) is 0 Å². The Morgan fingerprint density at radius 1 is 1.38 bits per heavy atom. The van der Waals surface area contributed by atoms with E-state index in [2.05, 4.69) is 33.2 Å². The first-order chi connectivity index (χ1) is 9.93. The Morgan fingerprint density at radius 2 is 2.05 bits per heavy atom. The number of aryl methyl sites for hydroxylation is 2. The number of nitrogens with zero attached hydrogens (tertiary/aromatic N) is 2. The number of hydrogen-bond donors (Lipinski definition) is 2. The smallest absolute Gasteiger partial charge is 0.270 e. The topological polar surface area (TPSA) is 45.2 Å². The summed E-state index contributed by atoms with van der Waals surface area (Å²) >= 11 is 4.16. The number of amides is 1. The Hall–Kier alpha value is -0.370. The van der Waals surface area contributed by atoms with Crippen molar-refractivity contribution in [1.29, 1.82) is 0 Å². The second-order valence-corrected chi connectivity index (χ2v) is 8.76. The van der Waals surface area contributed by atoms with Gasteiger partial charge in [-0.3, -0.25) is 4.79 Å². The van der Waals surface area contributed by atoms with Crippen molar-refractivity contribution in [3.63, 3.8) is 0 Å². The number of nitrogens with one attached hydrogen (secondary N) is 1. The largest absolute Gasteiger partial charge is 0.345 e. The number of carbonyl (C=O) groups excluding carboxylic acids is 1. The van der Waals surface area contributed by atoms with Crippen LogP contribution in [-0.4, -0.2) is 33.8 Å². The van der Waals surface area contributed by atoms with Crippen LogP contribution >= 0.6 is 32.5 Å². The SMILES string of the molecule is Cc1ccc(C)c(C(=O)NC2(C)CCN(SSS)CC2)n1. The zero-order valence-corrected chi connectivity index (χ0v) is 15.1. The molecule has 0 saturated carbocycles. The van der Waals surface area contributed by atoms with Crippen molar-refractivity contribution in [3.05, 3.63) is 29.1 Å². The van der Waals surface area contributed by atoms with Crippen LogP contribution in [0.15, 0.2) is 12.1 Å². The van der Waals surface area contributed by atoms with Gasteiger partial charge in [0, 0.05) is 35.3 Å². The second-order valence-electron chi connectivity index (χ2n) is 5.71. The molecular weight excluding hydrogens is 322 g/mol. The van der Waals surface area contributed by atoms with Gasteiger partial charge < -0.3 is 5.32 Å². The van der Waals surface area contributed by atoms with Gasteiger partial charge in [0.2, 0.25) is 0 Å². The van der Waals surface area contributed by atoms with E-state index in [9.17, 15) is 4.79 Å². The fourth-order valence-corrected chi connectivity index (χ4v) is 4.42. The standard InChI is InChI=1S/C14H21N3OS3/c1-10-4-5-11(2)15-12(10)13(18)16-14(3)6-8-17(9-7-14)20-21-19/h4-5,19H,6-9H2,1-3H3,(H,16,18). The molecule has 1 amide bonds. The maximum Gasteiger partial charge on any atom is 0.270 e. The third-order valence-electron chi connectivity index (χ3n) is 3.83. The minimum atomic E-state index is -0.159. The third-order valence-corrected chi connectivity index (χ3v) is 5.91. The van der Waals surface area contributed by atoms with Crippen LogP contribution in [0.1, 0.15) is 41.5 Å². The van der Waals surface area contributed by atoms with Crippen LogP contribution in [0.2, 0.25) is 0 Å². The predicted octanol–water partition coefficient (Wildman–Crippen LogP) is 3.42. The lowest BCUT2D eigenvalue weighted by Crippen LogP contribution is -2.52. The van der Waals surface area contributed by atoms with Gasteiger partial charge in [-0.25, -0.2) is 9.29 Å². The summed E-state index contributed by atoms with van der Waals surface area (Å²) < 4.78 is 2.28. The van der Waals surface area contributed by atoms with E-state index < -0.39 is 0 Å². The lowest BCUT2D eigenvalue weighted by molar-refractivity contribution is 0.0868. The maximum atomic E-state index is 12.5. The van der Waals surface area contributed by atoms with Crippen molar-refractivity contribution < 1.29 is 4.79 Å². The summed E-state index contributed by atoms with van der Waals surface area (Å²) in [5.74, 6) is -0.0663. The summed E-state index contributed by atoms with van der Waals surface area (Å²) in [5.41, 5.74) is 2.17. The average molecular weight is 344 g/mol. The van der Waals surface area contributed by atoms with Crippen LogP contribution in [0.5, 0.6) is 0 Å². The normalized spacial score (nSPS) is 18.5. The van der Waals surface area contributed by atoms with E-state index in [1.807, 2.05) is 26.0 Å². The van der Waals surface area contributed by atoms with E-state index >= 15 is 0 Å². The van der Waals surface area contributed by atoms with Crippen LogP contribution in [0.4, 0.5) is 0 Å². The first-order valence-electron chi connectivity index (χ1n) is 6.93. The Bertz CT molecular complexity index is 516. The minimum Gasteiger partial charge on any atom is -0.345 e. The molecular formula is C14H21N3OS3. The number of carbonyl (C=O) groups is 1.